The first-order valence-corrected chi connectivity index (χ1v) is 18.0. The fourth-order valence-electron chi connectivity index (χ4n) is 6.65. The molecule has 0 spiro atoms. The van der Waals surface area contributed by atoms with Crippen LogP contribution in [-0.2, 0) is 16.6 Å². The molecule has 1 atom stereocenters. The van der Waals surface area contributed by atoms with Crippen LogP contribution in [0.25, 0.3) is 11.3 Å². The van der Waals surface area contributed by atoms with Crippen LogP contribution in [0.5, 0.6) is 11.5 Å². The second-order valence-corrected chi connectivity index (χ2v) is 14.1. The number of nitrogens with zero attached hydrogens (tertiary/aromatic N) is 5. The van der Waals surface area contributed by atoms with Gasteiger partial charge in [0.1, 0.15) is 17.2 Å². The topological polar surface area (TPSA) is 119 Å². The standard InChI is InChI=1S/C37H38N6O5S/c44-36(40-23-20-38-21-24-40)35-34(29-12-3-1-4-13-29)43(30-14-10-22-41(27-30)49(46,47)33-18-7-8-19-39-33)37(45)42(35)26-28-11-9-17-32(25-28)48-31-15-5-2-6-16-31/h1-9,11-13,15-19,25,30,38H,10,14,20-24,26-27H2. The fraction of sp³-hybridized carbons (Fsp3) is 0.270. The second-order valence-electron chi connectivity index (χ2n) is 12.2. The van der Waals surface area contributed by atoms with Gasteiger partial charge in [-0.3, -0.25) is 13.9 Å². The Labute approximate surface area is 285 Å². The van der Waals surface area contributed by atoms with Crippen LogP contribution in [0.1, 0.15) is 34.9 Å². The summed E-state index contributed by atoms with van der Waals surface area (Å²) in [4.78, 5) is 35.3. The number of sulfonamides is 1. The van der Waals surface area contributed by atoms with Crippen LogP contribution in [-0.4, -0.2) is 76.9 Å². The number of nitrogens with one attached hydrogen (secondary N) is 1. The van der Waals surface area contributed by atoms with Crippen molar-refractivity contribution >= 4 is 15.9 Å². The molecular weight excluding hydrogens is 641 g/mol. The number of amides is 1. The fourth-order valence-corrected chi connectivity index (χ4v) is 8.10. The minimum absolute atomic E-state index is 0.0315. The van der Waals surface area contributed by atoms with E-state index in [9.17, 15) is 18.0 Å². The molecule has 5 aromatic rings. The molecule has 0 radical (unpaired) electrons. The monoisotopic (exact) mass is 678 g/mol. The maximum Gasteiger partial charge on any atom is 0.329 e. The number of pyridine rings is 1. The van der Waals surface area contributed by atoms with Gasteiger partial charge in [-0.1, -0.05) is 66.7 Å². The van der Waals surface area contributed by atoms with Gasteiger partial charge in [0.15, 0.2) is 5.03 Å². The van der Waals surface area contributed by atoms with Gasteiger partial charge in [0.25, 0.3) is 15.9 Å². The van der Waals surface area contributed by atoms with Crippen molar-refractivity contribution in [3.8, 4) is 22.8 Å². The molecule has 2 aliphatic heterocycles. The molecule has 4 heterocycles. The second kappa shape index (κ2) is 14.2. The van der Waals surface area contributed by atoms with Gasteiger partial charge in [-0.15, -0.1) is 0 Å². The Morgan fingerprint density at radius 3 is 2.31 bits per heavy atom. The van der Waals surface area contributed by atoms with E-state index in [4.69, 9.17) is 4.74 Å². The first-order valence-electron chi connectivity index (χ1n) is 16.5. The number of carbonyl (C=O) groups excluding carboxylic acids is 1. The highest BCUT2D eigenvalue weighted by Crippen LogP contribution is 2.33. The summed E-state index contributed by atoms with van der Waals surface area (Å²) in [6, 6.07) is 30.7. The maximum absolute atomic E-state index is 14.8. The van der Waals surface area contributed by atoms with Gasteiger partial charge in [-0.05, 0) is 54.8 Å². The zero-order valence-electron chi connectivity index (χ0n) is 27.0. The van der Waals surface area contributed by atoms with Gasteiger partial charge >= 0.3 is 5.69 Å². The largest absolute Gasteiger partial charge is 0.457 e. The first kappa shape index (κ1) is 32.5. The summed E-state index contributed by atoms with van der Waals surface area (Å²) in [5.74, 6) is 1.06. The van der Waals surface area contributed by atoms with E-state index in [1.807, 2.05) is 84.9 Å². The zero-order chi connectivity index (χ0) is 33.8. The van der Waals surface area contributed by atoms with E-state index >= 15 is 0 Å². The molecule has 49 heavy (non-hydrogen) atoms. The van der Waals surface area contributed by atoms with E-state index in [1.54, 1.807) is 26.2 Å². The lowest BCUT2D eigenvalue weighted by atomic mass is 10.0. The molecule has 1 amide bonds. The number of piperazine rings is 1. The molecule has 2 saturated heterocycles. The molecule has 252 valence electrons. The third-order valence-electron chi connectivity index (χ3n) is 9.01. The average Bonchev–Trinajstić information content (AvgIpc) is 3.44. The number of aromatic nitrogens is 3. The third kappa shape index (κ3) is 6.80. The molecule has 2 aromatic heterocycles. The van der Waals surface area contributed by atoms with Crippen molar-refractivity contribution in [2.24, 2.45) is 0 Å². The molecule has 0 saturated carbocycles. The summed E-state index contributed by atoms with van der Waals surface area (Å²) in [5, 5.41) is 3.27. The van der Waals surface area contributed by atoms with Crippen LogP contribution in [0, 0.1) is 0 Å². The number of hydrogen-bond donors (Lipinski definition) is 1. The SMILES string of the molecule is O=C(c1c(-c2ccccc2)n(C2CCCN(S(=O)(=O)c3ccccn3)C2)c(=O)n1Cc1cccc(Oc2ccccc2)c1)N1CCNCC1. The Kier molecular flexibility index (Phi) is 9.43. The number of benzene rings is 3. The van der Waals surface area contributed by atoms with Crippen LogP contribution in [0.4, 0.5) is 0 Å². The Bertz CT molecular complexity index is 2080. The van der Waals surface area contributed by atoms with Gasteiger partial charge in [-0.25, -0.2) is 18.2 Å². The van der Waals surface area contributed by atoms with E-state index in [1.165, 1.54) is 16.6 Å². The maximum atomic E-state index is 14.8. The Morgan fingerprint density at radius 2 is 1.57 bits per heavy atom. The first-order chi connectivity index (χ1) is 23.9. The van der Waals surface area contributed by atoms with Gasteiger partial charge in [0.05, 0.1) is 18.3 Å². The molecule has 2 fully saturated rings. The van der Waals surface area contributed by atoms with Crippen LogP contribution in [0.15, 0.2) is 119 Å². The highest BCUT2D eigenvalue weighted by Gasteiger charge is 2.37. The molecule has 1 N–H and O–H groups in total. The predicted octanol–water partition coefficient (Wildman–Crippen LogP) is 4.62. The third-order valence-corrected chi connectivity index (χ3v) is 10.8. The van der Waals surface area contributed by atoms with Crippen LogP contribution >= 0.6 is 0 Å². The van der Waals surface area contributed by atoms with Crippen molar-refractivity contribution in [1.29, 1.82) is 0 Å². The van der Waals surface area contributed by atoms with Crippen molar-refractivity contribution in [3.63, 3.8) is 0 Å². The number of piperidine rings is 1. The summed E-state index contributed by atoms with van der Waals surface area (Å²) in [5.41, 5.74) is 1.91. The van der Waals surface area contributed by atoms with Gasteiger partial charge in [0.2, 0.25) is 0 Å². The lowest BCUT2D eigenvalue weighted by molar-refractivity contribution is 0.0725. The van der Waals surface area contributed by atoms with Gasteiger partial charge in [0, 0.05) is 51.0 Å². The minimum atomic E-state index is -3.91. The molecule has 11 nitrogen and oxygen atoms in total. The van der Waals surface area contributed by atoms with Crippen LogP contribution in [0.3, 0.4) is 0 Å². The van der Waals surface area contributed by atoms with Crippen molar-refractivity contribution in [1.82, 2.24) is 28.6 Å². The zero-order valence-corrected chi connectivity index (χ0v) is 27.8. The van der Waals surface area contributed by atoms with Crippen molar-refractivity contribution in [2.45, 2.75) is 30.5 Å². The molecule has 3 aromatic carbocycles. The number of imidazole rings is 1. The molecule has 0 aliphatic carbocycles. The summed E-state index contributed by atoms with van der Waals surface area (Å²) in [6.07, 6.45) is 2.57. The van der Waals surface area contributed by atoms with Gasteiger partial charge < -0.3 is 15.0 Å². The lowest BCUT2D eigenvalue weighted by Gasteiger charge is -2.33. The summed E-state index contributed by atoms with van der Waals surface area (Å²) in [6.45, 7) is 2.82. The molecule has 2 aliphatic rings. The minimum Gasteiger partial charge on any atom is -0.457 e. The Balaban J connectivity index is 1.35. The average molecular weight is 679 g/mol. The summed E-state index contributed by atoms with van der Waals surface area (Å²) in [7, 11) is -3.91. The summed E-state index contributed by atoms with van der Waals surface area (Å²) >= 11 is 0. The quantitative estimate of drug-likeness (QED) is 0.242. The number of para-hydroxylation sites is 1. The van der Waals surface area contributed by atoms with E-state index in [0.717, 1.165) is 5.56 Å². The normalized spacial score (nSPS) is 17.1. The number of ether oxygens (including phenoxy) is 1. The lowest BCUT2D eigenvalue weighted by Crippen LogP contribution is -2.47. The number of hydrogen-bond acceptors (Lipinski definition) is 7. The highest BCUT2D eigenvalue weighted by atomic mass is 32.2. The molecule has 1 unspecified atom stereocenters. The smallest absolute Gasteiger partial charge is 0.329 e. The van der Waals surface area contributed by atoms with E-state index in [2.05, 4.69) is 10.3 Å². The van der Waals surface area contributed by atoms with E-state index in [0.29, 0.717) is 68.3 Å². The molecule has 7 rings (SSSR count). The number of rotatable bonds is 9. The Morgan fingerprint density at radius 1 is 0.857 bits per heavy atom. The van der Waals surface area contributed by atoms with Crippen molar-refractivity contribution in [3.05, 3.63) is 131 Å². The van der Waals surface area contributed by atoms with Crippen LogP contribution in [0.2, 0.25) is 0 Å². The highest BCUT2D eigenvalue weighted by molar-refractivity contribution is 7.89. The molecular formula is C37H38N6O5S. The summed E-state index contributed by atoms with van der Waals surface area (Å²) < 4.78 is 38.1. The predicted molar refractivity (Wildman–Crippen MR) is 186 cm³/mol. The Hall–Kier alpha value is -5.04. The van der Waals surface area contributed by atoms with Crippen molar-refractivity contribution in [2.75, 3.05) is 39.3 Å². The molecule has 12 heteroatoms. The number of carbonyl (C=O) groups is 1. The van der Waals surface area contributed by atoms with Gasteiger partial charge in [-0.2, -0.15) is 4.31 Å². The molecule has 0 bridgehead atoms. The van der Waals surface area contributed by atoms with E-state index < -0.39 is 16.1 Å². The van der Waals surface area contributed by atoms with Crippen LogP contribution < -0.4 is 15.7 Å². The van der Waals surface area contributed by atoms with Crippen molar-refractivity contribution < 1.29 is 17.9 Å². The van der Waals surface area contributed by atoms with E-state index in [-0.39, 0.29) is 35.4 Å².